The molecule has 0 saturated heterocycles. The fraction of sp³-hybridized carbons (Fsp3) is 0.625. The fourth-order valence-corrected chi connectivity index (χ4v) is 4.43. The van der Waals surface area contributed by atoms with Gasteiger partial charge in [0.1, 0.15) is 11.6 Å². The first-order valence-corrected chi connectivity index (χ1v) is 11.9. The van der Waals surface area contributed by atoms with Gasteiger partial charge in [0.05, 0.1) is 19.2 Å². The lowest BCUT2D eigenvalue weighted by atomic mass is 10.1. The molecule has 1 saturated carbocycles. The summed E-state index contributed by atoms with van der Waals surface area (Å²) >= 11 is 0. The first-order chi connectivity index (χ1) is 15.2. The van der Waals surface area contributed by atoms with Crippen LogP contribution in [0.1, 0.15) is 74.6 Å². The summed E-state index contributed by atoms with van der Waals surface area (Å²) in [6.45, 7) is 7.22. The van der Waals surface area contributed by atoms with Crippen LogP contribution in [0.2, 0.25) is 0 Å². The zero-order valence-corrected chi connectivity index (χ0v) is 19.0. The van der Waals surface area contributed by atoms with Crippen molar-refractivity contribution in [3.05, 3.63) is 41.0 Å². The minimum Gasteiger partial charge on any atom is -0.490 e. The summed E-state index contributed by atoms with van der Waals surface area (Å²) in [6.07, 6.45) is 9.89. The molecule has 0 spiro atoms. The van der Waals surface area contributed by atoms with E-state index in [0.717, 1.165) is 61.3 Å². The van der Waals surface area contributed by atoms with E-state index in [0.29, 0.717) is 19.2 Å². The van der Waals surface area contributed by atoms with Crippen molar-refractivity contribution in [3.8, 4) is 5.75 Å². The molecule has 0 amide bonds. The number of fused-ring (bicyclic) bond motifs is 1. The maximum absolute atomic E-state index is 6.34. The van der Waals surface area contributed by atoms with Gasteiger partial charge in [-0.2, -0.15) is 0 Å². The molecular weight excluding hydrogens is 388 g/mol. The number of benzene rings is 1. The third-order valence-electron chi connectivity index (χ3n) is 6.17. The molecule has 2 heterocycles. The lowest BCUT2D eigenvalue weighted by molar-refractivity contribution is 0.208. The highest BCUT2D eigenvalue weighted by atomic mass is 16.5. The van der Waals surface area contributed by atoms with Crippen LogP contribution in [0.25, 0.3) is 0 Å². The number of hydrogen-bond acceptors (Lipinski definition) is 4. The van der Waals surface area contributed by atoms with Gasteiger partial charge in [0.25, 0.3) is 0 Å². The second kappa shape index (κ2) is 10.6. The second-order valence-electron chi connectivity index (χ2n) is 8.68. The van der Waals surface area contributed by atoms with E-state index in [4.69, 9.17) is 9.73 Å². The summed E-state index contributed by atoms with van der Waals surface area (Å²) in [4.78, 5) is 4.84. The maximum Gasteiger partial charge on any atom is 0.191 e. The molecular formula is C24H36N6O. The Morgan fingerprint density at radius 1 is 1.13 bits per heavy atom. The molecule has 7 nitrogen and oxygen atoms in total. The van der Waals surface area contributed by atoms with Crippen molar-refractivity contribution in [2.45, 2.75) is 91.0 Å². The average Bonchev–Trinajstić information content (AvgIpc) is 3.35. The highest BCUT2D eigenvalue weighted by molar-refractivity contribution is 5.79. The van der Waals surface area contributed by atoms with E-state index in [2.05, 4.69) is 57.4 Å². The molecule has 7 heteroatoms. The van der Waals surface area contributed by atoms with Gasteiger partial charge in [-0.3, -0.25) is 0 Å². The van der Waals surface area contributed by atoms with Gasteiger partial charge in [-0.25, -0.2) is 4.99 Å². The van der Waals surface area contributed by atoms with E-state index in [1.165, 1.54) is 37.7 Å². The molecule has 1 aromatic heterocycles. The minimum absolute atomic E-state index is 0.346. The fourth-order valence-electron chi connectivity index (χ4n) is 4.43. The second-order valence-corrected chi connectivity index (χ2v) is 8.68. The van der Waals surface area contributed by atoms with Crippen molar-refractivity contribution in [1.82, 2.24) is 25.4 Å². The van der Waals surface area contributed by atoms with E-state index in [-0.39, 0.29) is 0 Å². The molecule has 2 N–H and O–H groups in total. The Bertz CT molecular complexity index is 884. The number of rotatable bonds is 7. The Morgan fingerprint density at radius 2 is 2.00 bits per heavy atom. The Morgan fingerprint density at radius 3 is 2.84 bits per heavy atom. The van der Waals surface area contributed by atoms with Crippen LogP contribution in [0.15, 0.2) is 23.2 Å². The summed E-state index contributed by atoms with van der Waals surface area (Å²) in [7, 11) is 0. The number of ether oxygens (including phenoxy) is 1. The summed E-state index contributed by atoms with van der Waals surface area (Å²) < 4.78 is 8.62. The average molecular weight is 425 g/mol. The molecule has 0 bridgehead atoms. The number of aliphatic imine (C=N–C) groups is 1. The Labute approximate surface area is 185 Å². The Balaban J connectivity index is 1.43. The van der Waals surface area contributed by atoms with Gasteiger partial charge >= 0.3 is 0 Å². The van der Waals surface area contributed by atoms with Crippen LogP contribution in [0.5, 0.6) is 5.75 Å². The molecule has 0 unspecified atom stereocenters. The van der Waals surface area contributed by atoms with E-state index in [1.807, 2.05) is 0 Å². The Hall–Kier alpha value is -2.57. The van der Waals surface area contributed by atoms with E-state index in [9.17, 15) is 0 Å². The molecule has 1 aliphatic heterocycles. The number of aromatic nitrogens is 3. The molecule has 0 atom stereocenters. The first kappa shape index (κ1) is 21.7. The van der Waals surface area contributed by atoms with E-state index in [1.54, 1.807) is 0 Å². The summed E-state index contributed by atoms with van der Waals surface area (Å²) in [5, 5.41) is 15.6. The monoisotopic (exact) mass is 424 g/mol. The zero-order chi connectivity index (χ0) is 21.5. The van der Waals surface area contributed by atoms with Gasteiger partial charge in [0.15, 0.2) is 11.8 Å². The lowest BCUT2D eigenvalue weighted by Gasteiger charge is -2.17. The van der Waals surface area contributed by atoms with Gasteiger partial charge in [-0.1, -0.05) is 18.6 Å². The topological polar surface area (TPSA) is 76.4 Å². The molecule has 0 radical (unpaired) electrons. The van der Waals surface area contributed by atoms with Crippen LogP contribution >= 0.6 is 0 Å². The van der Waals surface area contributed by atoms with Crippen LogP contribution in [0.4, 0.5) is 0 Å². The highest BCUT2D eigenvalue weighted by Crippen LogP contribution is 2.28. The molecule has 1 aliphatic carbocycles. The predicted octanol–water partition coefficient (Wildman–Crippen LogP) is 3.89. The number of nitrogens with zero attached hydrogens (tertiary/aromatic N) is 4. The number of nitrogens with one attached hydrogen (secondary N) is 2. The van der Waals surface area contributed by atoms with E-state index < -0.39 is 0 Å². The Kier molecular flexibility index (Phi) is 7.43. The number of hydrogen-bond donors (Lipinski definition) is 2. The van der Waals surface area contributed by atoms with Gasteiger partial charge < -0.3 is 19.9 Å². The molecule has 4 rings (SSSR count). The lowest BCUT2D eigenvalue weighted by Crippen LogP contribution is -2.37. The summed E-state index contributed by atoms with van der Waals surface area (Å²) in [5.41, 5.74) is 2.35. The highest BCUT2D eigenvalue weighted by Gasteiger charge is 2.18. The van der Waals surface area contributed by atoms with Crippen molar-refractivity contribution in [3.63, 3.8) is 0 Å². The molecule has 168 valence electrons. The smallest absolute Gasteiger partial charge is 0.191 e. The third kappa shape index (κ3) is 5.77. The van der Waals surface area contributed by atoms with Crippen LogP contribution in [-0.4, -0.2) is 33.4 Å². The molecule has 2 aromatic rings. The molecule has 1 fully saturated rings. The van der Waals surface area contributed by atoms with Crippen molar-refractivity contribution in [2.75, 3.05) is 6.54 Å². The molecule has 1 aromatic carbocycles. The standard InChI is InChI=1S/C24H36N6O/c1-3-25-24(27-17-23-29-28-22-11-5-4-8-14-30(22)23)26-16-19-13-12-18(2)15-21(19)31-20-9-6-7-10-20/h12-13,15,20H,3-11,14,16-17H2,1-2H3,(H2,25,26,27). The zero-order valence-electron chi connectivity index (χ0n) is 19.0. The maximum atomic E-state index is 6.34. The number of aryl methyl sites for hydroxylation is 2. The normalized spacial score (nSPS) is 17.3. The SMILES string of the molecule is CCNC(=NCc1ccc(C)cc1OC1CCCC1)NCc1nnc2n1CCCCC2. The number of guanidine groups is 1. The minimum atomic E-state index is 0.346. The third-order valence-corrected chi connectivity index (χ3v) is 6.17. The summed E-state index contributed by atoms with van der Waals surface area (Å²) in [6, 6.07) is 6.43. The summed E-state index contributed by atoms with van der Waals surface area (Å²) in [5.74, 6) is 3.88. The van der Waals surface area contributed by atoms with Crippen molar-refractivity contribution in [1.29, 1.82) is 0 Å². The largest absolute Gasteiger partial charge is 0.490 e. The van der Waals surface area contributed by atoms with Crippen molar-refractivity contribution in [2.24, 2.45) is 4.99 Å². The quantitative estimate of drug-likeness (QED) is 0.521. The van der Waals surface area contributed by atoms with Gasteiger partial charge in [0.2, 0.25) is 0 Å². The molecule has 31 heavy (non-hydrogen) atoms. The van der Waals surface area contributed by atoms with E-state index >= 15 is 0 Å². The first-order valence-electron chi connectivity index (χ1n) is 11.9. The van der Waals surface area contributed by atoms with Gasteiger partial charge in [0, 0.05) is 25.1 Å². The molecule has 2 aliphatic rings. The van der Waals surface area contributed by atoms with Crippen molar-refractivity contribution < 1.29 is 4.74 Å². The van der Waals surface area contributed by atoms with Crippen LogP contribution in [0, 0.1) is 6.92 Å². The predicted molar refractivity (Wildman–Crippen MR) is 123 cm³/mol. The van der Waals surface area contributed by atoms with Gasteiger partial charge in [-0.05, 0) is 64.0 Å². The van der Waals surface area contributed by atoms with Crippen LogP contribution in [0.3, 0.4) is 0 Å². The van der Waals surface area contributed by atoms with Crippen LogP contribution in [-0.2, 0) is 26.1 Å². The van der Waals surface area contributed by atoms with Crippen molar-refractivity contribution >= 4 is 5.96 Å². The van der Waals surface area contributed by atoms with Crippen LogP contribution < -0.4 is 15.4 Å². The van der Waals surface area contributed by atoms with Gasteiger partial charge in [-0.15, -0.1) is 10.2 Å².